The van der Waals surface area contributed by atoms with Gasteiger partial charge in [-0.15, -0.1) is 0 Å². The Bertz CT molecular complexity index is 195. The van der Waals surface area contributed by atoms with Crippen molar-refractivity contribution in [2.45, 2.75) is 59.3 Å². The summed E-state index contributed by atoms with van der Waals surface area (Å²) in [6.45, 7) is 6.73. The number of rotatable bonds is 11. The summed E-state index contributed by atoms with van der Waals surface area (Å²) in [7, 11) is 0.431. The van der Waals surface area contributed by atoms with Gasteiger partial charge in [-0.2, -0.15) is 0 Å². The van der Waals surface area contributed by atoms with Gasteiger partial charge in [-0.25, -0.2) is 4.79 Å². The van der Waals surface area contributed by atoms with Gasteiger partial charge < -0.3 is 4.74 Å². The van der Waals surface area contributed by atoms with Crippen LogP contribution in [0.4, 0.5) is 0 Å². The molecule has 0 atom stereocenters. The number of carbonyl (C=O) groups excluding carboxylic acids is 1. The topological polar surface area (TPSA) is 26.3 Å². The number of methoxy groups -OCH3 is 1. The lowest BCUT2D eigenvalue weighted by Gasteiger charge is -2.26. The highest BCUT2D eigenvalue weighted by Crippen LogP contribution is 2.60. The average molecular weight is 275 g/mol. The van der Waals surface area contributed by atoms with Gasteiger partial charge >= 0.3 is 5.97 Å². The first-order valence-electron chi connectivity index (χ1n) is 7.56. The predicted molar refractivity (Wildman–Crippen MR) is 83.1 cm³/mol. The average Bonchev–Trinajstić information content (AvgIpc) is 2.40. The molecule has 3 heteroatoms. The van der Waals surface area contributed by atoms with Crippen molar-refractivity contribution in [1.29, 1.82) is 0 Å². The van der Waals surface area contributed by atoms with E-state index >= 15 is 0 Å². The van der Waals surface area contributed by atoms with Crippen LogP contribution in [0.25, 0.3) is 0 Å². The molecule has 0 aromatic carbocycles. The molecule has 0 amide bonds. The predicted octanol–water partition coefficient (Wildman–Crippen LogP) is 4.58. The highest BCUT2D eigenvalue weighted by molar-refractivity contribution is 7.76. The number of ether oxygens (including phenoxy) is 1. The summed E-state index contributed by atoms with van der Waals surface area (Å²) in [5, 5.41) is 0. The minimum Gasteiger partial charge on any atom is -0.466 e. The molecule has 0 fully saturated rings. The van der Waals surface area contributed by atoms with Crippen molar-refractivity contribution >= 4 is 13.2 Å². The van der Waals surface area contributed by atoms with Crippen LogP contribution < -0.4 is 0 Å². The molecule has 0 heterocycles. The Morgan fingerprint density at radius 2 is 1.28 bits per heavy atom. The number of carbonyl (C=O) groups is 1. The van der Waals surface area contributed by atoms with Crippen molar-refractivity contribution in [3.63, 3.8) is 0 Å². The van der Waals surface area contributed by atoms with Crippen molar-refractivity contribution in [2.75, 3.05) is 31.8 Å². The molecule has 0 aromatic heterocycles. The summed E-state index contributed by atoms with van der Waals surface area (Å²) in [4.78, 5) is 11.7. The first kappa shape index (κ1) is 17.9. The molecule has 0 aliphatic rings. The standard InChI is InChI=1S/C15H32O2P/c1-5-8-11-18(12-9-6-2,13-10-7-3)14-15(16)17-4/h5-14H2,1-4H3/q+1. The fourth-order valence-electron chi connectivity index (χ4n) is 2.39. The molecular weight excluding hydrogens is 243 g/mol. The van der Waals surface area contributed by atoms with Gasteiger partial charge in [-0.1, -0.05) is 40.0 Å². The van der Waals surface area contributed by atoms with Gasteiger partial charge in [0.25, 0.3) is 0 Å². The van der Waals surface area contributed by atoms with Gasteiger partial charge in [-0.3, -0.25) is 0 Å². The molecule has 0 bridgehead atoms. The van der Waals surface area contributed by atoms with Crippen LogP contribution in [-0.2, 0) is 9.53 Å². The molecule has 18 heavy (non-hydrogen) atoms. The monoisotopic (exact) mass is 275 g/mol. The third kappa shape index (κ3) is 7.36. The minimum atomic E-state index is -1.09. The maximum atomic E-state index is 11.7. The van der Waals surface area contributed by atoms with Crippen molar-refractivity contribution in [3.8, 4) is 0 Å². The highest BCUT2D eigenvalue weighted by Gasteiger charge is 2.38. The van der Waals surface area contributed by atoms with Crippen LogP contribution >= 0.6 is 7.26 Å². The number of hydrogen-bond donors (Lipinski definition) is 0. The zero-order chi connectivity index (χ0) is 13.9. The molecule has 0 saturated carbocycles. The second kappa shape index (κ2) is 10.8. The van der Waals surface area contributed by atoms with Gasteiger partial charge in [0.2, 0.25) is 0 Å². The quantitative estimate of drug-likeness (QED) is 0.407. The molecule has 0 unspecified atom stereocenters. The molecule has 0 aliphatic carbocycles. The van der Waals surface area contributed by atoms with Gasteiger partial charge in [0.05, 0.1) is 25.6 Å². The minimum absolute atomic E-state index is 0.0200. The lowest BCUT2D eigenvalue weighted by Crippen LogP contribution is -2.19. The zero-order valence-electron chi connectivity index (χ0n) is 12.8. The first-order chi connectivity index (χ1) is 8.64. The van der Waals surface area contributed by atoms with E-state index in [0.717, 1.165) is 6.16 Å². The Labute approximate surface area is 114 Å². The molecule has 2 nitrogen and oxygen atoms in total. The fraction of sp³-hybridized carbons (Fsp3) is 0.933. The van der Waals surface area contributed by atoms with E-state index in [2.05, 4.69) is 20.8 Å². The number of hydrogen-bond acceptors (Lipinski definition) is 2. The maximum Gasteiger partial charge on any atom is 0.343 e. The molecule has 0 saturated heterocycles. The third-order valence-corrected chi connectivity index (χ3v) is 8.37. The zero-order valence-corrected chi connectivity index (χ0v) is 13.7. The molecule has 0 radical (unpaired) electrons. The summed E-state index contributed by atoms with van der Waals surface area (Å²) < 4.78 is 4.93. The van der Waals surface area contributed by atoms with Crippen LogP contribution in [0.15, 0.2) is 0 Å². The summed E-state index contributed by atoms with van der Waals surface area (Å²) in [5.41, 5.74) is 0. The molecule has 0 aromatic rings. The molecular formula is C15H32O2P+. The Hall–Kier alpha value is -0.100. The second-order valence-corrected chi connectivity index (χ2v) is 9.65. The Morgan fingerprint density at radius 1 is 0.889 bits per heavy atom. The van der Waals surface area contributed by atoms with Crippen LogP contribution in [0, 0.1) is 0 Å². The van der Waals surface area contributed by atoms with Crippen LogP contribution in [0.1, 0.15) is 59.3 Å². The summed E-state index contributed by atoms with van der Waals surface area (Å²) in [6, 6.07) is 0. The summed E-state index contributed by atoms with van der Waals surface area (Å²) >= 11 is 0. The summed E-state index contributed by atoms with van der Waals surface area (Å²) in [6.07, 6.45) is 12.1. The molecule has 0 N–H and O–H groups in total. The molecule has 0 rings (SSSR count). The number of unbranched alkanes of at least 4 members (excludes halogenated alkanes) is 3. The molecule has 0 aliphatic heterocycles. The smallest absolute Gasteiger partial charge is 0.343 e. The lowest BCUT2D eigenvalue weighted by molar-refractivity contribution is -0.137. The highest BCUT2D eigenvalue weighted by atomic mass is 31.2. The van der Waals surface area contributed by atoms with E-state index in [-0.39, 0.29) is 5.97 Å². The van der Waals surface area contributed by atoms with Crippen LogP contribution in [0.5, 0.6) is 0 Å². The SMILES string of the molecule is CCCC[P+](CCCC)(CCCC)CC(=O)OC. The van der Waals surface area contributed by atoms with Gasteiger partial charge in [0.15, 0.2) is 6.16 Å². The Morgan fingerprint density at radius 3 is 1.56 bits per heavy atom. The molecule has 0 spiro atoms. The van der Waals surface area contributed by atoms with Gasteiger partial charge in [0.1, 0.15) is 0 Å². The van der Waals surface area contributed by atoms with E-state index in [4.69, 9.17) is 4.74 Å². The third-order valence-electron chi connectivity index (χ3n) is 3.65. The van der Waals surface area contributed by atoms with E-state index in [1.807, 2.05) is 0 Å². The van der Waals surface area contributed by atoms with E-state index in [1.54, 1.807) is 0 Å². The van der Waals surface area contributed by atoms with Gasteiger partial charge in [0, 0.05) is 7.26 Å². The van der Waals surface area contributed by atoms with Crippen molar-refractivity contribution in [2.24, 2.45) is 0 Å². The Kier molecular flexibility index (Phi) is 10.7. The fourth-order valence-corrected chi connectivity index (χ4v) is 7.17. The largest absolute Gasteiger partial charge is 0.466 e. The van der Waals surface area contributed by atoms with E-state index in [1.165, 1.54) is 64.1 Å². The Balaban J connectivity index is 4.66. The van der Waals surface area contributed by atoms with Crippen molar-refractivity contribution < 1.29 is 9.53 Å². The van der Waals surface area contributed by atoms with Gasteiger partial charge in [-0.05, 0) is 19.3 Å². The number of esters is 1. The normalized spacial score (nSPS) is 11.6. The maximum absolute atomic E-state index is 11.7. The lowest BCUT2D eigenvalue weighted by atomic mass is 10.4. The summed E-state index contributed by atoms with van der Waals surface area (Å²) in [5.74, 6) is 0.0200. The second-order valence-electron chi connectivity index (χ2n) is 5.31. The van der Waals surface area contributed by atoms with Crippen LogP contribution in [0.3, 0.4) is 0 Å². The van der Waals surface area contributed by atoms with E-state index in [9.17, 15) is 4.79 Å². The van der Waals surface area contributed by atoms with E-state index in [0.29, 0.717) is 0 Å². The van der Waals surface area contributed by atoms with Crippen LogP contribution in [-0.4, -0.2) is 37.7 Å². The van der Waals surface area contributed by atoms with Crippen molar-refractivity contribution in [3.05, 3.63) is 0 Å². The van der Waals surface area contributed by atoms with Crippen LogP contribution in [0.2, 0.25) is 0 Å². The van der Waals surface area contributed by atoms with Crippen molar-refractivity contribution in [1.82, 2.24) is 0 Å². The van der Waals surface area contributed by atoms with E-state index < -0.39 is 7.26 Å². The first-order valence-corrected chi connectivity index (χ1v) is 10.1. The molecule has 108 valence electrons.